The lowest BCUT2D eigenvalue weighted by Crippen LogP contribution is -2.26. The van der Waals surface area contributed by atoms with Gasteiger partial charge in [0.25, 0.3) is 0 Å². The van der Waals surface area contributed by atoms with Crippen LogP contribution in [-0.4, -0.2) is 18.7 Å². The zero-order chi connectivity index (χ0) is 15.7. The first-order chi connectivity index (χ1) is 10.6. The molecule has 1 atom stereocenters. The summed E-state index contributed by atoms with van der Waals surface area (Å²) in [4.78, 5) is 23.6. The molecule has 1 aliphatic rings. The number of hydrogen-bond donors (Lipinski definition) is 0. The number of fused-ring (bicyclic) bond motifs is 3. The van der Waals surface area contributed by atoms with Gasteiger partial charge in [0.05, 0.1) is 6.61 Å². The van der Waals surface area contributed by atoms with Gasteiger partial charge >= 0.3 is 11.6 Å². The van der Waals surface area contributed by atoms with E-state index in [1.165, 1.54) is 0 Å². The van der Waals surface area contributed by atoms with Crippen LogP contribution in [0.2, 0.25) is 0 Å². The van der Waals surface area contributed by atoms with Crippen molar-refractivity contribution in [1.82, 2.24) is 0 Å². The van der Waals surface area contributed by atoms with Crippen LogP contribution in [0.25, 0.3) is 11.0 Å². The Labute approximate surface area is 127 Å². The monoisotopic (exact) mass is 302 g/mol. The van der Waals surface area contributed by atoms with Gasteiger partial charge in [-0.25, -0.2) is 9.59 Å². The first-order valence-corrected chi connectivity index (χ1v) is 7.52. The summed E-state index contributed by atoms with van der Waals surface area (Å²) in [5.41, 5.74) is 2.10. The average Bonchev–Trinajstić information content (AvgIpc) is 2.97. The van der Waals surface area contributed by atoms with Crippen molar-refractivity contribution in [1.29, 1.82) is 0 Å². The van der Waals surface area contributed by atoms with Gasteiger partial charge in [-0.15, -0.1) is 0 Å². The summed E-state index contributed by atoms with van der Waals surface area (Å²) >= 11 is 0. The lowest BCUT2D eigenvalue weighted by molar-refractivity contribution is -0.150. The van der Waals surface area contributed by atoms with Crippen molar-refractivity contribution in [2.24, 2.45) is 0 Å². The maximum absolute atomic E-state index is 12.0. The van der Waals surface area contributed by atoms with Gasteiger partial charge < -0.3 is 13.9 Å². The van der Waals surface area contributed by atoms with Crippen molar-refractivity contribution in [3.63, 3.8) is 0 Å². The molecule has 22 heavy (non-hydrogen) atoms. The van der Waals surface area contributed by atoms with E-state index in [4.69, 9.17) is 13.9 Å². The van der Waals surface area contributed by atoms with E-state index in [1.54, 1.807) is 26.0 Å². The third-order valence-corrected chi connectivity index (χ3v) is 3.88. The molecule has 1 aliphatic carbocycles. The molecule has 0 bridgehead atoms. The average molecular weight is 302 g/mol. The van der Waals surface area contributed by atoms with Crippen LogP contribution < -0.4 is 10.4 Å². The molecule has 1 aromatic heterocycles. The molecule has 0 amide bonds. The summed E-state index contributed by atoms with van der Waals surface area (Å²) in [6, 6.07) is 5.33. The molecule has 1 heterocycles. The first-order valence-electron chi connectivity index (χ1n) is 7.52. The lowest BCUT2D eigenvalue weighted by Gasteiger charge is -2.14. The molecule has 0 aliphatic heterocycles. The predicted octanol–water partition coefficient (Wildman–Crippen LogP) is 2.61. The fourth-order valence-electron chi connectivity index (χ4n) is 2.85. The van der Waals surface area contributed by atoms with E-state index in [9.17, 15) is 9.59 Å². The van der Waals surface area contributed by atoms with Gasteiger partial charge in [0, 0.05) is 17.0 Å². The molecule has 3 rings (SSSR count). The lowest BCUT2D eigenvalue weighted by atomic mass is 10.1. The number of ether oxygens (including phenoxy) is 2. The second-order valence-corrected chi connectivity index (χ2v) is 5.37. The molecule has 0 saturated heterocycles. The zero-order valence-corrected chi connectivity index (χ0v) is 12.7. The minimum Gasteiger partial charge on any atom is -0.479 e. The molecule has 116 valence electrons. The Morgan fingerprint density at radius 3 is 2.86 bits per heavy atom. The topological polar surface area (TPSA) is 65.7 Å². The SMILES string of the molecule is CCOC(=O)C(C)Oc1ccc2c3c(c(=O)oc2c1)CCC3. The van der Waals surface area contributed by atoms with E-state index in [1.807, 2.05) is 6.07 Å². The van der Waals surface area contributed by atoms with Crippen molar-refractivity contribution in [3.05, 3.63) is 39.7 Å². The number of esters is 1. The zero-order valence-electron chi connectivity index (χ0n) is 12.7. The molecule has 1 aromatic carbocycles. The van der Waals surface area contributed by atoms with Crippen LogP contribution in [0.15, 0.2) is 27.4 Å². The molecule has 1 unspecified atom stereocenters. The Kier molecular flexibility index (Phi) is 3.88. The molecule has 0 radical (unpaired) electrons. The maximum Gasteiger partial charge on any atom is 0.347 e. The number of carbonyl (C=O) groups is 1. The fraction of sp³-hybridized carbons (Fsp3) is 0.412. The van der Waals surface area contributed by atoms with Crippen LogP contribution in [0.1, 0.15) is 31.4 Å². The minimum atomic E-state index is -0.710. The Hall–Kier alpha value is -2.30. The second-order valence-electron chi connectivity index (χ2n) is 5.37. The summed E-state index contributed by atoms with van der Waals surface area (Å²) in [6.07, 6.45) is 1.96. The summed E-state index contributed by atoms with van der Waals surface area (Å²) in [7, 11) is 0. The van der Waals surface area contributed by atoms with Gasteiger partial charge in [0.2, 0.25) is 0 Å². The van der Waals surface area contributed by atoms with Gasteiger partial charge in [0.1, 0.15) is 11.3 Å². The highest BCUT2D eigenvalue weighted by atomic mass is 16.6. The third kappa shape index (κ3) is 2.58. The summed E-state index contributed by atoms with van der Waals surface area (Å²) in [5, 5.41) is 0.947. The maximum atomic E-state index is 12.0. The van der Waals surface area contributed by atoms with Crippen molar-refractivity contribution in [2.45, 2.75) is 39.2 Å². The number of benzene rings is 1. The summed E-state index contributed by atoms with van der Waals surface area (Å²) in [6.45, 7) is 3.68. The van der Waals surface area contributed by atoms with Gasteiger partial charge in [-0.1, -0.05) is 0 Å². The normalized spacial score (nSPS) is 14.6. The highest BCUT2D eigenvalue weighted by Gasteiger charge is 2.20. The smallest absolute Gasteiger partial charge is 0.347 e. The van der Waals surface area contributed by atoms with Crippen LogP contribution in [0.4, 0.5) is 0 Å². The van der Waals surface area contributed by atoms with Crippen LogP contribution in [0, 0.1) is 0 Å². The molecule has 5 nitrogen and oxygen atoms in total. The van der Waals surface area contributed by atoms with E-state index in [2.05, 4.69) is 0 Å². The van der Waals surface area contributed by atoms with Crippen molar-refractivity contribution in [3.8, 4) is 5.75 Å². The Morgan fingerprint density at radius 1 is 1.32 bits per heavy atom. The van der Waals surface area contributed by atoms with Crippen LogP contribution in [-0.2, 0) is 22.4 Å². The van der Waals surface area contributed by atoms with Gasteiger partial charge in [0.15, 0.2) is 6.10 Å². The number of carbonyl (C=O) groups excluding carboxylic acids is 1. The largest absolute Gasteiger partial charge is 0.479 e. The van der Waals surface area contributed by atoms with Gasteiger partial charge in [-0.2, -0.15) is 0 Å². The summed E-state index contributed by atoms with van der Waals surface area (Å²) in [5.74, 6) is 0.0622. The standard InChI is InChI=1S/C17H18O5/c1-3-20-16(18)10(2)21-11-7-8-13-12-5-4-6-14(12)17(19)22-15(13)9-11/h7-10H,3-6H2,1-2H3. The van der Waals surface area contributed by atoms with Crippen molar-refractivity contribution < 1.29 is 18.7 Å². The van der Waals surface area contributed by atoms with Crippen molar-refractivity contribution in [2.75, 3.05) is 6.61 Å². The molecule has 0 spiro atoms. The van der Waals surface area contributed by atoms with E-state index in [-0.39, 0.29) is 5.63 Å². The highest BCUT2D eigenvalue weighted by Crippen LogP contribution is 2.29. The van der Waals surface area contributed by atoms with Gasteiger partial charge in [-0.05, 0) is 50.8 Å². The molecule has 2 aromatic rings. The number of aryl methyl sites for hydroxylation is 1. The van der Waals surface area contributed by atoms with Crippen molar-refractivity contribution >= 4 is 16.9 Å². The van der Waals surface area contributed by atoms with E-state index < -0.39 is 12.1 Å². The predicted molar refractivity (Wildman–Crippen MR) is 81.2 cm³/mol. The van der Waals surface area contributed by atoms with Crippen LogP contribution in [0.3, 0.4) is 0 Å². The summed E-state index contributed by atoms with van der Waals surface area (Å²) < 4.78 is 15.8. The molecule has 5 heteroatoms. The van der Waals surface area contributed by atoms with Crippen LogP contribution >= 0.6 is 0 Å². The number of hydrogen-bond acceptors (Lipinski definition) is 5. The molecule has 0 saturated carbocycles. The Morgan fingerprint density at radius 2 is 2.09 bits per heavy atom. The molecular weight excluding hydrogens is 284 g/mol. The number of rotatable bonds is 4. The molecule has 0 fully saturated rings. The Bertz CT molecular complexity index is 774. The highest BCUT2D eigenvalue weighted by molar-refractivity contribution is 5.83. The quantitative estimate of drug-likeness (QED) is 0.641. The first kappa shape index (κ1) is 14.6. The second kappa shape index (κ2) is 5.83. The van der Waals surface area contributed by atoms with E-state index in [0.717, 1.165) is 35.8 Å². The van der Waals surface area contributed by atoms with E-state index in [0.29, 0.717) is 17.9 Å². The van der Waals surface area contributed by atoms with E-state index >= 15 is 0 Å². The minimum absolute atomic E-state index is 0.268. The third-order valence-electron chi connectivity index (χ3n) is 3.88. The molecular formula is C17H18O5. The van der Waals surface area contributed by atoms with Gasteiger partial charge in [-0.3, -0.25) is 0 Å². The molecule has 0 N–H and O–H groups in total. The van der Waals surface area contributed by atoms with Crippen LogP contribution in [0.5, 0.6) is 5.75 Å². The Balaban J connectivity index is 1.92. The fourth-order valence-corrected chi connectivity index (χ4v) is 2.85.